The first-order valence-electron chi connectivity index (χ1n) is 12.4. The van der Waals surface area contributed by atoms with E-state index in [9.17, 15) is 9.59 Å². The zero-order valence-corrected chi connectivity index (χ0v) is 23.1. The first-order valence-corrected chi connectivity index (χ1v) is 13.2. The number of hydrogen-bond donors (Lipinski definition) is 1. The van der Waals surface area contributed by atoms with Crippen LogP contribution >= 0.6 is 15.9 Å². The number of ether oxygens (including phenoxy) is 6. The number of fused-ring (bicyclic) bond motifs is 3. The molecule has 4 atom stereocenters. The molecule has 1 fully saturated rings. The average Bonchev–Trinajstić information content (AvgIpc) is 3.57. The summed E-state index contributed by atoms with van der Waals surface area (Å²) in [6.45, 7) is 0.259. The lowest BCUT2D eigenvalue weighted by atomic mass is 9.65. The van der Waals surface area contributed by atoms with Crippen LogP contribution in [0.5, 0.6) is 28.7 Å². The van der Waals surface area contributed by atoms with Crippen LogP contribution in [0.15, 0.2) is 53.0 Å². The Balaban J connectivity index is 1.53. The summed E-state index contributed by atoms with van der Waals surface area (Å²) in [5, 5.41) is 3.18. The lowest BCUT2D eigenvalue weighted by Crippen LogP contribution is -2.42. The largest absolute Gasteiger partial charge is 0.493 e. The van der Waals surface area contributed by atoms with E-state index in [2.05, 4.69) is 21.2 Å². The van der Waals surface area contributed by atoms with Crippen LogP contribution in [0.4, 0.5) is 0 Å². The minimum absolute atomic E-state index is 0.0932. The van der Waals surface area contributed by atoms with Gasteiger partial charge in [-0.05, 0) is 69.0 Å². The number of methoxy groups -OCH3 is 3. The molecule has 0 spiro atoms. The molecule has 10 heteroatoms. The van der Waals surface area contributed by atoms with Crippen molar-refractivity contribution in [1.29, 1.82) is 0 Å². The number of hydrogen-bond acceptors (Lipinski definition) is 8. The highest BCUT2D eigenvalue weighted by Crippen LogP contribution is 2.55. The van der Waals surface area contributed by atoms with E-state index in [1.54, 1.807) is 33.5 Å². The van der Waals surface area contributed by atoms with E-state index in [0.717, 1.165) is 16.7 Å². The monoisotopic (exact) mass is 595 g/mol. The molecule has 9 nitrogen and oxygen atoms in total. The van der Waals surface area contributed by atoms with Gasteiger partial charge in [0.2, 0.25) is 12.5 Å². The molecule has 0 aromatic heterocycles. The number of benzene rings is 3. The molecule has 2 heterocycles. The highest BCUT2D eigenvalue weighted by molar-refractivity contribution is 9.10. The number of nitrogens with one attached hydrogen (secondary N) is 1. The van der Waals surface area contributed by atoms with Crippen molar-refractivity contribution >= 4 is 27.8 Å². The molecule has 0 radical (unpaired) electrons. The first-order chi connectivity index (χ1) is 18.9. The summed E-state index contributed by atoms with van der Waals surface area (Å²) in [4.78, 5) is 26.8. The quantitative estimate of drug-likeness (QED) is 0.412. The molecule has 39 heavy (non-hydrogen) atoms. The second kappa shape index (κ2) is 10.00. The van der Waals surface area contributed by atoms with Gasteiger partial charge in [0, 0.05) is 16.3 Å². The summed E-state index contributed by atoms with van der Waals surface area (Å²) >= 11 is 3.47. The molecule has 202 valence electrons. The van der Waals surface area contributed by atoms with Crippen LogP contribution in [0.2, 0.25) is 0 Å². The summed E-state index contributed by atoms with van der Waals surface area (Å²) in [6, 6.07) is 14.2. The fraction of sp³-hybridized carbons (Fsp3) is 0.310. The SMILES string of the molecule is COc1cc([C@@H]2c3cc4c(cc3[C@@H](NC(=O)c3ccccc3Br)[C@H]3COC(=O)[C@H]23)OCO4)cc(OC)c1OC. The molecule has 1 N–H and O–H groups in total. The fourth-order valence-corrected chi connectivity index (χ4v) is 6.36. The number of rotatable bonds is 6. The molecule has 0 saturated carbocycles. The predicted octanol–water partition coefficient (Wildman–Crippen LogP) is 4.61. The van der Waals surface area contributed by atoms with Gasteiger partial charge >= 0.3 is 5.97 Å². The van der Waals surface area contributed by atoms with Crippen molar-refractivity contribution in [1.82, 2.24) is 5.32 Å². The Labute approximate surface area is 233 Å². The van der Waals surface area contributed by atoms with Crippen LogP contribution in [0.25, 0.3) is 0 Å². The van der Waals surface area contributed by atoms with Crippen LogP contribution in [0.1, 0.15) is 39.0 Å². The van der Waals surface area contributed by atoms with Crippen molar-refractivity contribution in [2.75, 3.05) is 34.7 Å². The second-order valence-corrected chi connectivity index (χ2v) is 10.4. The van der Waals surface area contributed by atoms with E-state index in [4.69, 9.17) is 28.4 Å². The summed E-state index contributed by atoms with van der Waals surface area (Å²) in [6.07, 6.45) is 0. The van der Waals surface area contributed by atoms with Gasteiger partial charge in [-0.3, -0.25) is 9.59 Å². The highest BCUT2D eigenvalue weighted by atomic mass is 79.9. The normalized spacial score (nSPS) is 22.4. The maximum atomic E-state index is 13.5. The topological polar surface area (TPSA) is 102 Å². The molecule has 3 aromatic carbocycles. The Morgan fingerprint density at radius 2 is 1.59 bits per heavy atom. The molecule has 3 aliphatic rings. The molecule has 0 bridgehead atoms. The maximum absolute atomic E-state index is 13.5. The molecular weight excluding hydrogens is 570 g/mol. The van der Waals surface area contributed by atoms with Gasteiger partial charge in [0.25, 0.3) is 5.91 Å². The van der Waals surface area contributed by atoms with Gasteiger partial charge in [0.05, 0.1) is 45.5 Å². The van der Waals surface area contributed by atoms with Crippen molar-refractivity contribution in [2.45, 2.75) is 12.0 Å². The highest BCUT2D eigenvalue weighted by Gasteiger charge is 2.53. The Morgan fingerprint density at radius 3 is 2.23 bits per heavy atom. The molecule has 6 rings (SSSR count). The summed E-state index contributed by atoms with van der Waals surface area (Å²) in [5.41, 5.74) is 2.94. The molecule has 0 unspecified atom stereocenters. The number of carbonyl (C=O) groups excluding carboxylic acids is 2. The minimum Gasteiger partial charge on any atom is -0.493 e. The second-order valence-electron chi connectivity index (χ2n) is 9.52. The third-order valence-corrected chi connectivity index (χ3v) is 8.33. The van der Waals surface area contributed by atoms with Gasteiger partial charge < -0.3 is 33.7 Å². The van der Waals surface area contributed by atoms with Gasteiger partial charge in [-0.15, -0.1) is 0 Å². The standard InChI is InChI=1S/C29H26BrNO8/c1-34-22-8-14(9-23(35-2)27(22)36-3)24-16-10-20-21(39-13-38-20)11-17(16)26(18-12-37-29(33)25(18)24)31-28(32)15-6-4-5-7-19(15)30/h4-11,18,24-26H,12-13H2,1-3H3,(H,31,32)/t18-,24+,25-,26+/m0/s1. The third-order valence-electron chi connectivity index (χ3n) is 7.64. The molecular formula is C29H26BrNO8. The van der Waals surface area contributed by atoms with E-state index in [0.29, 0.717) is 38.8 Å². The number of esters is 1. The van der Waals surface area contributed by atoms with Crippen molar-refractivity contribution in [3.63, 3.8) is 0 Å². The number of cyclic esters (lactones) is 1. The van der Waals surface area contributed by atoms with Crippen molar-refractivity contribution < 1.29 is 38.0 Å². The third kappa shape index (κ3) is 4.14. The van der Waals surface area contributed by atoms with E-state index in [1.807, 2.05) is 36.4 Å². The van der Waals surface area contributed by atoms with Gasteiger partial charge in [-0.25, -0.2) is 0 Å². The van der Waals surface area contributed by atoms with Gasteiger partial charge in [0.15, 0.2) is 23.0 Å². The maximum Gasteiger partial charge on any atom is 0.310 e. The Hall–Kier alpha value is -3.92. The molecule has 3 aromatic rings. The van der Waals surface area contributed by atoms with Crippen molar-refractivity contribution in [3.8, 4) is 28.7 Å². The van der Waals surface area contributed by atoms with E-state index < -0.39 is 17.9 Å². The van der Waals surface area contributed by atoms with Crippen LogP contribution in [0, 0.1) is 11.8 Å². The summed E-state index contributed by atoms with van der Waals surface area (Å²) < 4.78 is 34.5. The molecule has 1 saturated heterocycles. The lowest BCUT2D eigenvalue weighted by molar-refractivity contribution is -0.141. The first kappa shape index (κ1) is 25.4. The van der Waals surface area contributed by atoms with E-state index in [1.165, 1.54) is 0 Å². The predicted molar refractivity (Wildman–Crippen MR) is 143 cm³/mol. The minimum atomic E-state index is -0.579. The Morgan fingerprint density at radius 1 is 0.923 bits per heavy atom. The Kier molecular flexibility index (Phi) is 6.50. The smallest absolute Gasteiger partial charge is 0.310 e. The molecule has 1 amide bonds. The van der Waals surface area contributed by atoms with E-state index >= 15 is 0 Å². The number of amides is 1. The molecule has 1 aliphatic carbocycles. The molecule has 2 aliphatic heterocycles. The summed E-state index contributed by atoms with van der Waals surface area (Å²) in [5.74, 6) is 0.624. The zero-order chi connectivity index (χ0) is 27.3. The Bertz CT molecular complexity index is 1450. The average molecular weight is 596 g/mol. The summed E-state index contributed by atoms with van der Waals surface area (Å²) in [7, 11) is 4.64. The van der Waals surface area contributed by atoms with Gasteiger partial charge in [-0.1, -0.05) is 12.1 Å². The van der Waals surface area contributed by atoms with E-state index in [-0.39, 0.29) is 31.2 Å². The van der Waals surface area contributed by atoms with Crippen LogP contribution in [-0.4, -0.2) is 46.6 Å². The van der Waals surface area contributed by atoms with Crippen LogP contribution in [0.3, 0.4) is 0 Å². The van der Waals surface area contributed by atoms with Crippen molar-refractivity contribution in [3.05, 3.63) is 75.3 Å². The number of halogens is 1. The number of carbonyl (C=O) groups is 2. The van der Waals surface area contributed by atoms with Gasteiger partial charge in [0.1, 0.15) is 0 Å². The van der Waals surface area contributed by atoms with Crippen LogP contribution in [-0.2, 0) is 9.53 Å². The fourth-order valence-electron chi connectivity index (χ4n) is 5.89. The van der Waals surface area contributed by atoms with Crippen molar-refractivity contribution in [2.24, 2.45) is 11.8 Å². The van der Waals surface area contributed by atoms with Crippen LogP contribution < -0.4 is 29.0 Å². The lowest BCUT2D eigenvalue weighted by Gasteiger charge is -2.39. The van der Waals surface area contributed by atoms with Gasteiger partial charge in [-0.2, -0.15) is 0 Å². The zero-order valence-electron chi connectivity index (χ0n) is 21.5.